The van der Waals surface area contributed by atoms with Crippen molar-refractivity contribution in [3.63, 3.8) is 0 Å². The van der Waals surface area contributed by atoms with Crippen LogP contribution in [0, 0.1) is 6.92 Å². The fourth-order valence-electron chi connectivity index (χ4n) is 0.971. The minimum atomic E-state index is -1.21. The number of benzene rings is 1. The van der Waals surface area contributed by atoms with Gasteiger partial charge in [0.25, 0.3) is 0 Å². The van der Waals surface area contributed by atoms with E-state index in [-0.39, 0.29) is 0 Å². The summed E-state index contributed by atoms with van der Waals surface area (Å²) in [6.45, 7) is 2.12. The first kappa shape index (κ1) is 9.33. The second-order valence-corrected chi connectivity index (χ2v) is 8.87. The fraction of sp³-hybridized carbons (Fsp3) is 0.250. The van der Waals surface area contributed by atoms with Crippen molar-refractivity contribution >= 4 is 17.0 Å². The minimum absolute atomic E-state index is 1.17. The molecular weight excluding hydrogens is 346 g/mol. The molecular formula is C8H10ClHgN. The SMILES string of the molecule is CNc1ccc(C)[c]([Hg][Cl])c1. The van der Waals surface area contributed by atoms with Gasteiger partial charge in [0, 0.05) is 0 Å². The maximum atomic E-state index is 5.96. The van der Waals surface area contributed by atoms with Gasteiger partial charge in [0.15, 0.2) is 0 Å². The van der Waals surface area contributed by atoms with Gasteiger partial charge in [0.05, 0.1) is 0 Å². The van der Waals surface area contributed by atoms with Crippen LogP contribution in [0.3, 0.4) is 0 Å². The van der Waals surface area contributed by atoms with Gasteiger partial charge in [-0.1, -0.05) is 0 Å². The van der Waals surface area contributed by atoms with E-state index in [0.717, 1.165) is 0 Å². The van der Waals surface area contributed by atoms with Crippen LogP contribution in [0.15, 0.2) is 18.2 Å². The van der Waals surface area contributed by atoms with Gasteiger partial charge in [-0.3, -0.25) is 0 Å². The number of hydrogen-bond acceptors (Lipinski definition) is 1. The fourth-order valence-corrected chi connectivity index (χ4v) is 5.93. The number of hydrogen-bond donors (Lipinski definition) is 1. The van der Waals surface area contributed by atoms with Gasteiger partial charge in [-0.05, 0) is 0 Å². The zero-order chi connectivity index (χ0) is 8.27. The molecule has 1 nitrogen and oxygen atoms in total. The summed E-state index contributed by atoms with van der Waals surface area (Å²) in [7, 11) is 7.89. The van der Waals surface area contributed by atoms with Gasteiger partial charge in [-0.15, -0.1) is 0 Å². The van der Waals surface area contributed by atoms with Crippen molar-refractivity contribution in [2.45, 2.75) is 6.92 Å². The average molecular weight is 356 g/mol. The molecule has 0 amide bonds. The molecule has 0 radical (unpaired) electrons. The Balaban J connectivity index is 3.02. The van der Waals surface area contributed by atoms with E-state index in [1.165, 1.54) is 14.3 Å². The van der Waals surface area contributed by atoms with Crippen molar-refractivity contribution < 1.29 is 23.3 Å². The molecule has 0 saturated heterocycles. The molecule has 0 aliphatic carbocycles. The second kappa shape index (κ2) is 4.32. The summed E-state index contributed by atoms with van der Waals surface area (Å²) >= 11 is -1.21. The van der Waals surface area contributed by atoms with Crippen LogP contribution < -0.4 is 8.39 Å². The Morgan fingerprint density at radius 1 is 1.45 bits per heavy atom. The van der Waals surface area contributed by atoms with Gasteiger partial charge in [0.1, 0.15) is 0 Å². The molecule has 0 saturated carbocycles. The molecule has 0 fully saturated rings. The van der Waals surface area contributed by atoms with Crippen molar-refractivity contribution in [3.05, 3.63) is 23.8 Å². The van der Waals surface area contributed by atoms with Crippen molar-refractivity contribution in [2.24, 2.45) is 0 Å². The van der Waals surface area contributed by atoms with Crippen LogP contribution in [0.2, 0.25) is 0 Å². The third-order valence-electron chi connectivity index (χ3n) is 1.78. The van der Waals surface area contributed by atoms with E-state index >= 15 is 0 Å². The topological polar surface area (TPSA) is 12.0 Å². The molecule has 11 heavy (non-hydrogen) atoms. The van der Waals surface area contributed by atoms with Crippen molar-refractivity contribution in [3.8, 4) is 0 Å². The number of anilines is 1. The molecule has 3 heteroatoms. The number of halogens is 1. The summed E-state index contributed by atoms with van der Waals surface area (Å²) in [5, 5.41) is 3.11. The predicted molar refractivity (Wildman–Crippen MR) is 46.2 cm³/mol. The third kappa shape index (κ3) is 2.34. The first-order chi connectivity index (χ1) is 5.27. The Labute approximate surface area is 83.0 Å². The van der Waals surface area contributed by atoms with E-state index in [1.54, 1.807) is 0 Å². The monoisotopic (exact) mass is 357 g/mol. The molecule has 0 heterocycles. The molecule has 0 atom stereocenters. The van der Waals surface area contributed by atoms with Gasteiger partial charge < -0.3 is 0 Å². The molecule has 0 bridgehead atoms. The molecule has 0 unspecified atom stereocenters. The Morgan fingerprint density at radius 3 is 2.73 bits per heavy atom. The Morgan fingerprint density at radius 2 is 2.18 bits per heavy atom. The Kier molecular flexibility index (Phi) is 3.66. The molecule has 0 spiro atoms. The van der Waals surface area contributed by atoms with Gasteiger partial charge in [-0.2, -0.15) is 0 Å². The summed E-state index contributed by atoms with van der Waals surface area (Å²) in [6, 6.07) is 6.38. The van der Waals surface area contributed by atoms with Crippen LogP contribution in [-0.4, -0.2) is 7.05 Å². The standard InChI is InChI=1S/C8H10N.ClH.Hg/c1-7-3-5-8(9-2)6-4-7;;/h3,5-6,9H,1-2H3;1H;/q;;+1/p-1. The number of nitrogens with one attached hydrogen (secondary N) is 1. The molecule has 0 aliphatic rings. The molecule has 1 N–H and O–H groups in total. The Bertz CT molecular complexity index is 250. The summed E-state index contributed by atoms with van der Waals surface area (Å²) in [5.41, 5.74) is 2.52. The summed E-state index contributed by atoms with van der Waals surface area (Å²) in [5.74, 6) is 0. The first-order valence-electron chi connectivity index (χ1n) is 3.61. The Hall–Kier alpha value is 0.245. The van der Waals surface area contributed by atoms with Crippen molar-refractivity contribution in [1.82, 2.24) is 0 Å². The van der Waals surface area contributed by atoms with Gasteiger partial charge in [0.2, 0.25) is 0 Å². The van der Waals surface area contributed by atoms with Crippen LogP contribution >= 0.6 is 8.25 Å². The van der Waals surface area contributed by atoms with Crippen LogP contribution in [0.5, 0.6) is 0 Å². The zero-order valence-corrected chi connectivity index (χ0v) is 13.1. The molecule has 0 aliphatic heterocycles. The maximum absolute atomic E-state index is 5.96. The number of rotatable bonds is 2. The molecule has 1 aromatic carbocycles. The number of aryl methyl sites for hydroxylation is 1. The van der Waals surface area contributed by atoms with Crippen molar-refractivity contribution in [1.29, 1.82) is 0 Å². The normalized spacial score (nSPS) is 9.00. The molecule has 0 aromatic heterocycles. The van der Waals surface area contributed by atoms with E-state index in [9.17, 15) is 0 Å². The molecule has 56 valence electrons. The van der Waals surface area contributed by atoms with Crippen LogP contribution in [0.25, 0.3) is 0 Å². The molecule has 1 rings (SSSR count). The van der Waals surface area contributed by atoms with E-state index < -0.39 is 23.3 Å². The third-order valence-corrected chi connectivity index (χ3v) is 8.39. The summed E-state index contributed by atoms with van der Waals surface area (Å²) in [4.78, 5) is 0. The second-order valence-electron chi connectivity index (χ2n) is 2.52. The predicted octanol–water partition coefficient (Wildman–Crippen LogP) is 1.90. The summed E-state index contributed by atoms with van der Waals surface area (Å²) in [6.07, 6.45) is 0. The van der Waals surface area contributed by atoms with Crippen molar-refractivity contribution in [2.75, 3.05) is 12.4 Å². The first-order valence-corrected chi connectivity index (χ1v) is 13.1. The quantitative estimate of drug-likeness (QED) is 0.799. The van der Waals surface area contributed by atoms with E-state index in [2.05, 4.69) is 30.4 Å². The van der Waals surface area contributed by atoms with Gasteiger partial charge in [-0.25, -0.2) is 0 Å². The van der Waals surface area contributed by atoms with Gasteiger partial charge >= 0.3 is 83.4 Å². The summed E-state index contributed by atoms with van der Waals surface area (Å²) < 4.78 is 1.42. The van der Waals surface area contributed by atoms with Crippen LogP contribution in [-0.2, 0) is 23.3 Å². The van der Waals surface area contributed by atoms with Crippen LogP contribution in [0.1, 0.15) is 5.56 Å². The van der Waals surface area contributed by atoms with E-state index in [0.29, 0.717) is 0 Å². The zero-order valence-electron chi connectivity index (χ0n) is 6.82. The van der Waals surface area contributed by atoms with Crippen LogP contribution in [0.4, 0.5) is 5.69 Å². The van der Waals surface area contributed by atoms with E-state index in [1.807, 2.05) is 7.05 Å². The van der Waals surface area contributed by atoms with E-state index in [4.69, 9.17) is 8.25 Å². The average Bonchev–Trinajstić information content (AvgIpc) is 2.05. The molecule has 1 aromatic rings.